The number of esters is 1. The summed E-state index contributed by atoms with van der Waals surface area (Å²) >= 11 is 7.73. The van der Waals surface area contributed by atoms with Gasteiger partial charge in [-0.05, 0) is 46.8 Å². The number of nitrogens with zero attached hydrogens (tertiary/aromatic N) is 2. The predicted octanol–water partition coefficient (Wildman–Crippen LogP) is 4.83. The van der Waals surface area contributed by atoms with Crippen LogP contribution >= 0.6 is 22.9 Å². The number of halogens is 1. The number of piperazine rings is 1. The fourth-order valence-corrected chi connectivity index (χ4v) is 4.89. The molecule has 1 fully saturated rings. The van der Waals surface area contributed by atoms with E-state index < -0.39 is 0 Å². The van der Waals surface area contributed by atoms with Gasteiger partial charge in [0.05, 0.1) is 31.8 Å². The lowest BCUT2D eigenvalue weighted by Crippen LogP contribution is -2.50. The third kappa shape index (κ3) is 7.15. The molecule has 0 saturated carbocycles. The minimum atomic E-state index is -0.357. The highest BCUT2D eigenvalue weighted by Gasteiger charge is 2.24. The second-order valence-corrected chi connectivity index (χ2v) is 9.95. The molecule has 0 aliphatic carbocycles. The van der Waals surface area contributed by atoms with E-state index in [9.17, 15) is 9.59 Å². The number of carbonyl (C=O) groups is 2. The summed E-state index contributed by atoms with van der Waals surface area (Å²) in [6.45, 7) is 4.16. The molecule has 0 radical (unpaired) electrons. The lowest BCUT2D eigenvalue weighted by Gasteiger charge is -2.36. The Labute approximate surface area is 215 Å². The SMILES string of the molecule is COC(=O)c1ccc(CO[C@H](CN2CCN(C(=O)Cc3cccs3)CC2)c2ccc(Cl)cc2)cc1. The number of methoxy groups -OCH3 is 1. The molecule has 4 rings (SSSR count). The van der Waals surface area contributed by atoms with Crippen LogP contribution in [0, 0.1) is 0 Å². The van der Waals surface area contributed by atoms with Crippen LogP contribution in [-0.2, 0) is 27.3 Å². The molecule has 3 aromatic rings. The molecule has 184 valence electrons. The number of amides is 1. The number of hydrogen-bond acceptors (Lipinski definition) is 6. The molecule has 6 nitrogen and oxygen atoms in total. The van der Waals surface area contributed by atoms with Crippen molar-refractivity contribution < 1.29 is 19.1 Å². The highest BCUT2D eigenvalue weighted by Crippen LogP contribution is 2.24. The van der Waals surface area contributed by atoms with Crippen LogP contribution in [0.4, 0.5) is 0 Å². The molecule has 1 aliphatic heterocycles. The maximum absolute atomic E-state index is 12.6. The average molecular weight is 513 g/mol. The van der Waals surface area contributed by atoms with Gasteiger partial charge in [-0.2, -0.15) is 0 Å². The number of ether oxygens (including phenoxy) is 2. The molecule has 1 atom stereocenters. The quantitative estimate of drug-likeness (QED) is 0.384. The normalized spacial score (nSPS) is 15.1. The lowest BCUT2D eigenvalue weighted by molar-refractivity contribution is -0.132. The summed E-state index contributed by atoms with van der Waals surface area (Å²) in [6.07, 6.45) is 0.323. The first-order valence-corrected chi connectivity index (χ1v) is 12.8. The fourth-order valence-electron chi connectivity index (χ4n) is 4.07. The smallest absolute Gasteiger partial charge is 0.337 e. The second-order valence-electron chi connectivity index (χ2n) is 8.48. The molecular weight excluding hydrogens is 484 g/mol. The molecule has 1 aliphatic rings. The molecule has 2 aromatic carbocycles. The highest BCUT2D eigenvalue weighted by atomic mass is 35.5. The van der Waals surface area contributed by atoms with E-state index in [0.29, 0.717) is 36.7 Å². The van der Waals surface area contributed by atoms with Gasteiger partial charge in [-0.25, -0.2) is 4.79 Å². The van der Waals surface area contributed by atoms with Crippen molar-refractivity contribution in [1.82, 2.24) is 9.80 Å². The Bertz CT molecular complexity index is 1100. The van der Waals surface area contributed by atoms with Gasteiger partial charge in [-0.1, -0.05) is 41.9 Å². The van der Waals surface area contributed by atoms with Crippen LogP contribution in [0.5, 0.6) is 0 Å². The van der Waals surface area contributed by atoms with Crippen molar-refractivity contribution in [3.63, 3.8) is 0 Å². The van der Waals surface area contributed by atoms with Gasteiger partial charge < -0.3 is 14.4 Å². The average Bonchev–Trinajstić information content (AvgIpc) is 3.40. The van der Waals surface area contributed by atoms with Crippen LogP contribution in [0.25, 0.3) is 0 Å². The standard InChI is InChI=1S/C27H29ClN2O4S/c1-33-27(32)22-6-4-20(5-7-22)19-34-25(21-8-10-23(28)11-9-21)18-29-12-14-30(15-13-29)26(31)17-24-3-2-16-35-24/h2-11,16,25H,12-15,17-19H2,1H3/t25-/m1/s1. The molecular formula is C27H29ClN2O4S. The second kappa shape index (κ2) is 12.3. The van der Waals surface area contributed by atoms with Gasteiger partial charge in [-0.15, -0.1) is 11.3 Å². The first-order chi connectivity index (χ1) is 17.0. The van der Waals surface area contributed by atoms with Crippen molar-refractivity contribution >= 4 is 34.8 Å². The first-order valence-electron chi connectivity index (χ1n) is 11.6. The van der Waals surface area contributed by atoms with E-state index in [1.54, 1.807) is 23.5 Å². The van der Waals surface area contributed by atoms with Gasteiger partial charge in [0.1, 0.15) is 0 Å². The van der Waals surface area contributed by atoms with E-state index in [-0.39, 0.29) is 18.0 Å². The zero-order valence-corrected chi connectivity index (χ0v) is 21.3. The number of thiophene rings is 1. The summed E-state index contributed by atoms with van der Waals surface area (Å²) in [5.74, 6) is -0.169. The van der Waals surface area contributed by atoms with E-state index in [4.69, 9.17) is 21.1 Å². The van der Waals surface area contributed by atoms with E-state index in [2.05, 4.69) is 4.90 Å². The maximum Gasteiger partial charge on any atom is 0.337 e. The van der Waals surface area contributed by atoms with E-state index in [0.717, 1.165) is 35.6 Å². The Morgan fingerprint density at radius 2 is 1.71 bits per heavy atom. The summed E-state index contributed by atoms with van der Waals surface area (Å²) < 4.78 is 11.1. The fraction of sp³-hybridized carbons (Fsp3) is 0.333. The Morgan fingerprint density at radius 1 is 1.00 bits per heavy atom. The number of rotatable bonds is 9. The van der Waals surface area contributed by atoms with Gasteiger partial charge in [0.2, 0.25) is 5.91 Å². The number of hydrogen-bond donors (Lipinski definition) is 0. The van der Waals surface area contributed by atoms with Crippen molar-refractivity contribution in [1.29, 1.82) is 0 Å². The van der Waals surface area contributed by atoms with E-state index >= 15 is 0 Å². The Morgan fingerprint density at radius 3 is 2.34 bits per heavy atom. The Hall–Kier alpha value is -2.71. The van der Waals surface area contributed by atoms with Crippen molar-refractivity contribution in [2.75, 3.05) is 39.8 Å². The van der Waals surface area contributed by atoms with Crippen LogP contribution < -0.4 is 0 Å². The maximum atomic E-state index is 12.6. The van der Waals surface area contributed by atoms with Crippen LogP contribution in [0.3, 0.4) is 0 Å². The predicted molar refractivity (Wildman–Crippen MR) is 138 cm³/mol. The minimum absolute atomic E-state index is 0.152. The van der Waals surface area contributed by atoms with E-state index in [1.807, 2.05) is 58.8 Å². The molecule has 1 aromatic heterocycles. The third-order valence-electron chi connectivity index (χ3n) is 6.12. The summed E-state index contributed by atoms with van der Waals surface area (Å²) in [6, 6.07) is 19.0. The summed E-state index contributed by atoms with van der Waals surface area (Å²) in [7, 11) is 1.37. The first kappa shape index (κ1) is 25.4. The molecule has 0 unspecified atom stereocenters. The van der Waals surface area contributed by atoms with Gasteiger partial charge in [0.15, 0.2) is 0 Å². The van der Waals surface area contributed by atoms with Crippen molar-refractivity contribution in [2.45, 2.75) is 19.1 Å². The van der Waals surface area contributed by atoms with Gasteiger partial charge in [0, 0.05) is 42.6 Å². The number of benzene rings is 2. The molecule has 35 heavy (non-hydrogen) atoms. The zero-order chi connectivity index (χ0) is 24.6. The van der Waals surface area contributed by atoms with Crippen LogP contribution in [-0.4, -0.2) is 61.5 Å². The minimum Gasteiger partial charge on any atom is -0.465 e. The van der Waals surface area contributed by atoms with Gasteiger partial charge >= 0.3 is 5.97 Å². The molecule has 0 N–H and O–H groups in total. The largest absolute Gasteiger partial charge is 0.465 e. The lowest BCUT2D eigenvalue weighted by atomic mass is 10.1. The third-order valence-corrected chi connectivity index (χ3v) is 7.25. The molecule has 0 bridgehead atoms. The van der Waals surface area contributed by atoms with Gasteiger partial charge in [0.25, 0.3) is 0 Å². The number of carbonyl (C=O) groups excluding carboxylic acids is 2. The monoisotopic (exact) mass is 512 g/mol. The summed E-state index contributed by atoms with van der Waals surface area (Å²) in [4.78, 5) is 29.7. The van der Waals surface area contributed by atoms with Crippen molar-refractivity contribution in [2.24, 2.45) is 0 Å². The van der Waals surface area contributed by atoms with Crippen LogP contribution in [0.1, 0.15) is 32.5 Å². The highest BCUT2D eigenvalue weighted by molar-refractivity contribution is 7.10. The van der Waals surface area contributed by atoms with Crippen LogP contribution in [0.2, 0.25) is 5.02 Å². The van der Waals surface area contributed by atoms with E-state index in [1.165, 1.54) is 7.11 Å². The molecule has 1 amide bonds. The zero-order valence-electron chi connectivity index (χ0n) is 19.7. The van der Waals surface area contributed by atoms with Crippen LogP contribution in [0.15, 0.2) is 66.0 Å². The molecule has 8 heteroatoms. The summed E-state index contributed by atoms with van der Waals surface area (Å²) in [5, 5.41) is 2.69. The molecule has 1 saturated heterocycles. The molecule has 0 spiro atoms. The topological polar surface area (TPSA) is 59.1 Å². The molecule has 2 heterocycles. The van der Waals surface area contributed by atoms with Gasteiger partial charge in [-0.3, -0.25) is 9.69 Å². The Kier molecular flexibility index (Phi) is 8.93. The Balaban J connectivity index is 1.35. The van der Waals surface area contributed by atoms with Crippen molar-refractivity contribution in [3.05, 3.63) is 92.6 Å². The summed E-state index contributed by atoms with van der Waals surface area (Å²) in [5.41, 5.74) is 2.54. The van der Waals surface area contributed by atoms with Crippen molar-refractivity contribution in [3.8, 4) is 0 Å².